The highest BCUT2D eigenvalue weighted by Gasteiger charge is 2.53. The van der Waals surface area contributed by atoms with Crippen molar-refractivity contribution in [3.63, 3.8) is 0 Å². The number of imidazole rings is 1. The van der Waals surface area contributed by atoms with Gasteiger partial charge >= 0.3 is 0 Å². The Labute approximate surface area is 184 Å². The number of ether oxygens (including phenoxy) is 1. The van der Waals surface area contributed by atoms with Gasteiger partial charge in [0.2, 0.25) is 0 Å². The van der Waals surface area contributed by atoms with E-state index >= 15 is 0 Å². The molecule has 0 saturated heterocycles. The van der Waals surface area contributed by atoms with Crippen LogP contribution in [0.3, 0.4) is 0 Å². The van der Waals surface area contributed by atoms with Gasteiger partial charge in [-0.25, -0.2) is 4.98 Å². The van der Waals surface area contributed by atoms with E-state index in [9.17, 15) is 9.81 Å². The molecule has 0 spiro atoms. The lowest BCUT2D eigenvalue weighted by Crippen LogP contribution is -2.43. The van der Waals surface area contributed by atoms with Crippen LogP contribution in [0, 0.1) is 16.7 Å². The van der Waals surface area contributed by atoms with Crippen molar-refractivity contribution in [3.05, 3.63) is 30.1 Å². The highest BCUT2D eigenvalue weighted by Crippen LogP contribution is 2.55. The maximum Gasteiger partial charge on any atom is 0.136 e. The average Bonchev–Trinajstić information content (AvgIpc) is 3.35. The molecule has 1 N–H and O–H groups in total. The van der Waals surface area contributed by atoms with E-state index in [0.717, 1.165) is 42.1 Å². The fraction of sp³-hybridized carbons (Fsp3) is 0.636. The van der Waals surface area contributed by atoms with Gasteiger partial charge < -0.3 is 13.9 Å². The van der Waals surface area contributed by atoms with Crippen LogP contribution in [0.2, 0.25) is 25.7 Å². The van der Waals surface area contributed by atoms with Crippen LogP contribution in [0.25, 0.3) is 11.0 Å². The first-order chi connectivity index (χ1) is 14.0. The molecule has 1 aliphatic rings. The van der Waals surface area contributed by atoms with Gasteiger partial charge in [0.25, 0.3) is 0 Å². The van der Waals surface area contributed by atoms with Crippen LogP contribution in [0.4, 0.5) is 0 Å². The zero-order chi connectivity index (χ0) is 22.2. The number of nitrogens with one attached hydrogen (secondary N) is 1. The van der Waals surface area contributed by atoms with Crippen LogP contribution >= 0.6 is 0 Å². The summed E-state index contributed by atoms with van der Waals surface area (Å²) in [6.45, 7) is 14.1. The maximum atomic E-state index is 12.8. The summed E-state index contributed by atoms with van der Waals surface area (Å²) in [5.74, 6) is 0. The second kappa shape index (κ2) is 8.64. The van der Waals surface area contributed by atoms with Gasteiger partial charge in [-0.15, -0.1) is 4.72 Å². The molecular weight excluding hydrogens is 412 g/mol. The summed E-state index contributed by atoms with van der Waals surface area (Å²) in [6.07, 6.45) is 3.44. The number of nitriles is 1. The number of fused-ring (bicyclic) bond motifs is 1. The molecule has 1 heterocycles. The third-order valence-electron chi connectivity index (χ3n) is 5.55. The van der Waals surface area contributed by atoms with Crippen molar-refractivity contribution >= 4 is 30.5 Å². The highest BCUT2D eigenvalue weighted by molar-refractivity contribution is 7.90. The van der Waals surface area contributed by atoms with Gasteiger partial charge in [0.05, 0.1) is 34.9 Å². The van der Waals surface area contributed by atoms with E-state index in [1.807, 2.05) is 43.5 Å². The minimum absolute atomic E-state index is 0.273. The predicted octanol–water partition coefficient (Wildman–Crippen LogP) is 4.75. The molecule has 1 fully saturated rings. The van der Waals surface area contributed by atoms with E-state index in [-0.39, 0.29) is 6.04 Å². The average molecular weight is 447 g/mol. The van der Waals surface area contributed by atoms with E-state index < -0.39 is 29.6 Å². The minimum atomic E-state index is -1.26. The first-order valence-electron chi connectivity index (χ1n) is 10.6. The Bertz CT molecular complexity index is 922. The molecule has 2 atom stereocenters. The Balaban J connectivity index is 1.78. The summed E-state index contributed by atoms with van der Waals surface area (Å²) in [5, 5.41) is 9.78. The van der Waals surface area contributed by atoms with Crippen LogP contribution < -0.4 is 4.72 Å². The molecule has 0 amide bonds. The topological polar surface area (TPSA) is 85.9 Å². The standard InChI is InChI=1S/C22H34N4O2SSi/c1-21(2,3)29(27)25-20(22(14-23)9-10-22)17-7-8-19-18(13-17)24-15-26(19)16-28-11-12-30(4,5)6/h7-8,13,15,20,25H,9-12,16H2,1-6H3/t20-,29?/m0/s1. The minimum Gasteiger partial charge on any atom is -0.598 e. The van der Waals surface area contributed by atoms with Gasteiger partial charge in [-0.2, -0.15) is 5.26 Å². The number of benzene rings is 1. The quantitative estimate of drug-likeness (QED) is 0.341. The van der Waals surface area contributed by atoms with E-state index in [2.05, 4.69) is 35.4 Å². The van der Waals surface area contributed by atoms with Crippen molar-refractivity contribution in [1.29, 1.82) is 5.26 Å². The summed E-state index contributed by atoms with van der Waals surface area (Å²) >= 11 is -1.26. The van der Waals surface area contributed by atoms with Crippen LogP contribution in [-0.2, 0) is 22.8 Å². The van der Waals surface area contributed by atoms with Crippen molar-refractivity contribution in [1.82, 2.24) is 14.3 Å². The van der Waals surface area contributed by atoms with Crippen LogP contribution in [0.5, 0.6) is 0 Å². The van der Waals surface area contributed by atoms with Crippen LogP contribution in [0.15, 0.2) is 24.5 Å². The molecule has 0 radical (unpaired) electrons. The number of nitrogens with zero attached hydrogens (tertiary/aromatic N) is 3. The fourth-order valence-electron chi connectivity index (χ4n) is 3.29. The molecule has 1 aromatic heterocycles. The van der Waals surface area contributed by atoms with Gasteiger partial charge in [-0.1, -0.05) is 25.7 Å². The zero-order valence-electron chi connectivity index (χ0n) is 19.0. The van der Waals surface area contributed by atoms with Crippen molar-refractivity contribution in [2.45, 2.75) is 76.8 Å². The summed E-state index contributed by atoms with van der Waals surface area (Å²) in [6, 6.07) is 9.40. The molecular formula is C22H34N4O2SSi. The molecule has 0 bridgehead atoms. The molecule has 1 aliphatic carbocycles. The molecule has 1 unspecified atom stereocenters. The maximum absolute atomic E-state index is 12.8. The van der Waals surface area contributed by atoms with Crippen LogP contribution in [-0.4, -0.2) is 33.5 Å². The van der Waals surface area contributed by atoms with Crippen molar-refractivity contribution in [3.8, 4) is 6.07 Å². The lowest BCUT2D eigenvalue weighted by atomic mass is 9.92. The second-order valence-corrected chi connectivity index (χ2v) is 18.1. The summed E-state index contributed by atoms with van der Waals surface area (Å²) in [5.41, 5.74) is 2.34. The van der Waals surface area contributed by atoms with Crippen molar-refractivity contribution in [2.75, 3.05) is 6.61 Å². The molecule has 8 heteroatoms. The Morgan fingerprint density at radius 1 is 1.37 bits per heavy atom. The Kier molecular flexibility index (Phi) is 6.70. The molecule has 1 saturated carbocycles. The molecule has 2 aromatic rings. The SMILES string of the molecule is CC(C)(C)[S+]([O-])N[C@@H](c1ccc2c(c1)ncn2COCC[Si](C)(C)C)C1(C#N)CC1. The van der Waals surface area contributed by atoms with E-state index in [4.69, 9.17) is 4.74 Å². The Morgan fingerprint density at radius 2 is 2.07 bits per heavy atom. The van der Waals surface area contributed by atoms with Gasteiger partial charge in [-0.05, 0) is 57.4 Å². The largest absolute Gasteiger partial charge is 0.598 e. The van der Waals surface area contributed by atoms with Gasteiger partial charge in [-0.3, -0.25) is 0 Å². The lowest BCUT2D eigenvalue weighted by molar-refractivity contribution is 0.0898. The first kappa shape index (κ1) is 23.3. The monoisotopic (exact) mass is 446 g/mol. The lowest BCUT2D eigenvalue weighted by Gasteiger charge is -2.30. The van der Waals surface area contributed by atoms with E-state index in [1.165, 1.54) is 0 Å². The third-order valence-corrected chi connectivity index (χ3v) is 8.82. The smallest absolute Gasteiger partial charge is 0.136 e. The van der Waals surface area contributed by atoms with Gasteiger partial charge in [0.15, 0.2) is 0 Å². The molecule has 30 heavy (non-hydrogen) atoms. The summed E-state index contributed by atoms with van der Waals surface area (Å²) in [4.78, 5) is 4.55. The van der Waals surface area contributed by atoms with E-state index in [0.29, 0.717) is 6.73 Å². The van der Waals surface area contributed by atoms with Crippen molar-refractivity contribution < 1.29 is 9.29 Å². The fourth-order valence-corrected chi connectivity index (χ4v) is 4.97. The number of hydrogen-bond acceptors (Lipinski definition) is 5. The van der Waals surface area contributed by atoms with Gasteiger partial charge in [0, 0.05) is 26.0 Å². The molecule has 3 rings (SSSR count). The van der Waals surface area contributed by atoms with Crippen LogP contribution in [0.1, 0.15) is 45.2 Å². The Morgan fingerprint density at radius 3 is 2.63 bits per heavy atom. The Hall–Kier alpha value is -1.37. The highest BCUT2D eigenvalue weighted by atomic mass is 32.2. The predicted molar refractivity (Wildman–Crippen MR) is 125 cm³/mol. The molecule has 1 aromatic carbocycles. The summed E-state index contributed by atoms with van der Waals surface area (Å²) in [7, 11) is -1.10. The first-order valence-corrected chi connectivity index (χ1v) is 15.4. The molecule has 6 nitrogen and oxygen atoms in total. The normalized spacial score (nSPS) is 18.2. The number of aromatic nitrogens is 2. The number of hydrogen-bond donors (Lipinski definition) is 1. The number of rotatable bonds is 9. The zero-order valence-corrected chi connectivity index (χ0v) is 20.8. The summed E-state index contributed by atoms with van der Waals surface area (Å²) < 4.78 is 23.5. The second-order valence-electron chi connectivity index (χ2n) is 10.5. The molecule has 0 aliphatic heterocycles. The van der Waals surface area contributed by atoms with Gasteiger partial charge in [0.1, 0.15) is 11.5 Å². The van der Waals surface area contributed by atoms with E-state index in [1.54, 1.807) is 6.33 Å². The molecule has 164 valence electrons. The third kappa shape index (κ3) is 5.45. The van der Waals surface area contributed by atoms with Crippen molar-refractivity contribution in [2.24, 2.45) is 5.41 Å².